The van der Waals surface area contributed by atoms with Crippen molar-refractivity contribution in [2.75, 3.05) is 34.2 Å². The van der Waals surface area contributed by atoms with E-state index in [9.17, 15) is 9.59 Å². The Morgan fingerprint density at radius 2 is 1.82 bits per heavy atom. The molecule has 0 saturated carbocycles. The Kier molecular flexibility index (Phi) is 5.71. The van der Waals surface area contributed by atoms with Crippen LogP contribution in [0.1, 0.15) is 36.1 Å². The van der Waals surface area contributed by atoms with Gasteiger partial charge in [-0.1, -0.05) is 0 Å². The van der Waals surface area contributed by atoms with Crippen molar-refractivity contribution in [2.45, 2.75) is 38.5 Å². The van der Waals surface area contributed by atoms with Crippen molar-refractivity contribution >= 4 is 5.91 Å². The fourth-order valence-electron chi connectivity index (χ4n) is 2.90. The van der Waals surface area contributed by atoms with Crippen LogP contribution in [-0.4, -0.2) is 60.1 Å². The highest BCUT2D eigenvalue weighted by molar-refractivity contribution is 5.78. The van der Waals surface area contributed by atoms with Crippen LogP contribution in [-0.2, 0) is 24.1 Å². The summed E-state index contributed by atoms with van der Waals surface area (Å²) in [5, 5.41) is 6.68. The Bertz CT molecular complexity index is 580. The van der Waals surface area contributed by atoms with Gasteiger partial charge in [0.1, 0.15) is 0 Å². The molecule has 0 spiro atoms. The summed E-state index contributed by atoms with van der Waals surface area (Å²) in [5.41, 5.74) is 2.49. The third-order valence-electron chi connectivity index (χ3n) is 4.23. The number of aromatic amines is 1. The summed E-state index contributed by atoms with van der Waals surface area (Å²) in [4.78, 5) is 28.0. The number of rotatable bonds is 6. The molecule has 0 atom stereocenters. The van der Waals surface area contributed by atoms with E-state index < -0.39 is 0 Å². The van der Waals surface area contributed by atoms with Crippen molar-refractivity contribution in [1.29, 1.82) is 0 Å². The maximum atomic E-state index is 12.3. The largest absolute Gasteiger partial charge is 0.345 e. The Morgan fingerprint density at radius 1 is 1.14 bits per heavy atom. The third kappa shape index (κ3) is 4.16. The fourth-order valence-corrected chi connectivity index (χ4v) is 2.90. The first kappa shape index (κ1) is 16.7. The first-order valence-corrected chi connectivity index (χ1v) is 7.97. The van der Waals surface area contributed by atoms with E-state index in [1.807, 2.05) is 21.1 Å². The van der Waals surface area contributed by atoms with Gasteiger partial charge in [-0.2, -0.15) is 5.10 Å². The van der Waals surface area contributed by atoms with E-state index in [1.54, 1.807) is 4.90 Å². The lowest BCUT2D eigenvalue weighted by molar-refractivity contribution is -0.129. The third-order valence-corrected chi connectivity index (χ3v) is 4.23. The van der Waals surface area contributed by atoms with E-state index in [1.165, 1.54) is 0 Å². The summed E-state index contributed by atoms with van der Waals surface area (Å²) in [5.74, 6) is 0.0612. The van der Waals surface area contributed by atoms with E-state index >= 15 is 0 Å². The molecule has 1 aromatic rings. The van der Waals surface area contributed by atoms with E-state index in [4.69, 9.17) is 0 Å². The SMILES string of the molecule is CN(C)CCCN(C)C(=O)Cc1n[nH]c(=O)c2c1CCCC2. The van der Waals surface area contributed by atoms with Crippen LogP contribution >= 0.6 is 0 Å². The van der Waals surface area contributed by atoms with Crippen molar-refractivity contribution in [3.63, 3.8) is 0 Å². The number of fused-ring (bicyclic) bond motifs is 1. The van der Waals surface area contributed by atoms with Crippen molar-refractivity contribution in [2.24, 2.45) is 0 Å². The van der Waals surface area contributed by atoms with Crippen LogP contribution in [0.15, 0.2) is 4.79 Å². The second-order valence-corrected chi connectivity index (χ2v) is 6.31. The second-order valence-electron chi connectivity index (χ2n) is 6.31. The number of hydrogen-bond acceptors (Lipinski definition) is 4. The summed E-state index contributed by atoms with van der Waals surface area (Å²) in [6.45, 7) is 1.70. The Morgan fingerprint density at radius 3 is 2.50 bits per heavy atom. The second kappa shape index (κ2) is 7.54. The van der Waals surface area contributed by atoms with Crippen LogP contribution in [0.25, 0.3) is 0 Å². The number of hydrogen-bond donors (Lipinski definition) is 1. The maximum absolute atomic E-state index is 12.3. The minimum Gasteiger partial charge on any atom is -0.345 e. The molecule has 0 aromatic carbocycles. The van der Waals surface area contributed by atoms with Gasteiger partial charge in [-0.25, -0.2) is 5.10 Å². The zero-order chi connectivity index (χ0) is 16.1. The first-order chi connectivity index (χ1) is 10.5. The molecule has 122 valence electrons. The number of amides is 1. The summed E-state index contributed by atoms with van der Waals surface area (Å²) in [6.07, 6.45) is 4.99. The van der Waals surface area contributed by atoms with Crippen LogP contribution in [0.5, 0.6) is 0 Å². The molecule has 6 nitrogen and oxygen atoms in total. The van der Waals surface area contributed by atoms with E-state index in [0.29, 0.717) is 0 Å². The number of H-pyrrole nitrogens is 1. The Hall–Kier alpha value is -1.69. The molecule has 0 bridgehead atoms. The molecule has 22 heavy (non-hydrogen) atoms. The quantitative estimate of drug-likeness (QED) is 0.836. The molecule has 0 saturated heterocycles. The van der Waals surface area contributed by atoms with E-state index in [0.717, 1.165) is 62.0 Å². The molecule has 0 radical (unpaired) electrons. The predicted molar refractivity (Wildman–Crippen MR) is 86.0 cm³/mol. The van der Waals surface area contributed by atoms with Gasteiger partial charge >= 0.3 is 0 Å². The lowest BCUT2D eigenvalue weighted by atomic mass is 9.91. The Balaban J connectivity index is 2.01. The molecule has 1 aromatic heterocycles. The smallest absolute Gasteiger partial charge is 0.267 e. The number of likely N-dealkylation sites (N-methyl/N-ethyl adjacent to an activating group) is 1. The molecule has 1 aliphatic rings. The van der Waals surface area contributed by atoms with Crippen LogP contribution in [0.4, 0.5) is 0 Å². The van der Waals surface area contributed by atoms with Gasteiger partial charge < -0.3 is 9.80 Å². The molecular formula is C16H26N4O2. The van der Waals surface area contributed by atoms with Gasteiger partial charge in [-0.05, 0) is 58.3 Å². The average Bonchev–Trinajstić information content (AvgIpc) is 2.49. The van der Waals surface area contributed by atoms with Crippen molar-refractivity contribution in [3.8, 4) is 0 Å². The standard InChI is InChI=1S/C16H26N4O2/c1-19(2)9-6-10-20(3)15(21)11-14-12-7-4-5-8-13(12)16(22)18-17-14/h4-11H2,1-3H3,(H,18,22). The average molecular weight is 306 g/mol. The molecule has 1 amide bonds. The highest BCUT2D eigenvalue weighted by atomic mass is 16.2. The number of nitrogens with one attached hydrogen (secondary N) is 1. The van der Waals surface area contributed by atoms with Crippen LogP contribution in [0.2, 0.25) is 0 Å². The fraction of sp³-hybridized carbons (Fsp3) is 0.688. The topological polar surface area (TPSA) is 69.3 Å². The predicted octanol–water partition coefficient (Wildman–Crippen LogP) is 0.601. The van der Waals surface area contributed by atoms with Crippen LogP contribution in [0.3, 0.4) is 0 Å². The van der Waals surface area contributed by atoms with Gasteiger partial charge in [0, 0.05) is 19.2 Å². The van der Waals surface area contributed by atoms with E-state index in [-0.39, 0.29) is 17.9 Å². The van der Waals surface area contributed by atoms with E-state index in [2.05, 4.69) is 15.1 Å². The summed E-state index contributed by atoms with van der Waals surface area (Å²) >= 11 is 0. The summed E-state index contributed by atoms with van der Waals surface area (Å²) < 4.78 is 0. The van der Waals surface area contributed by atoms with Crippen molar-refractivity contribution in [1.82, 2.24) is 20.0 Å². The molecule has 2 rings (SSSR count). The number of nitrogens with zero attached hydrogens (tertiary/aromatic N) is 3. The summed E-state index contributed by atoms with van der Waals surface area (Å²) in [6, 6.07) is 0. The molecule has 6 heteroatoms. The highest BCUT2D eigenvalue weighted by Crippen LogP contribution is 2.20. The lowest BCUT2D eigenvalue weighted by Crippen LogP contribution is -2.32. The maximum Gasteiger partial charge on any atom is 0.267 e. The molecule has 0 aliphatic heterocycles. The van der Waals surface area contributed by atoms with Gasteiger partial charge in [0.15, 0.2) is 0 Å². The molecule has 1 heterocycles. The molecule has 0 fully saturated rings. The molecule has 1 N–H and O–H groups in total. The summed E-state index contributed by atoms with van der Waals surface area (Å²) in [7, 11) is 5.88. The molecule has 0 unspecified atom stereocenters. The van der Waals surface area contributed by atoms with Gasteiger partial charge in [0.25, 0.3) is 5.56 Å². The highest BCUT2D eigenvalue weighted by Gasteiger charge is 2.20. The van der Waals surface area contributed by atoms with Crippen molar-refractivity contribution < 1.29 is 4.79 Å². The van der Waals surface area contributed by atoms with Gasteiger partial charge in [-0.3, -0.25) is 9.59 Å². The monoisotopic (exact) mass is 306 g/mol. The van der Waals surface area contributed by atoms with Gasteiger partial charge in [0.05, 0.1) is 12.1 Å². The lowest BCUT2D eigenvalue weighted by Gasteiger charge is -2.20. The van der Waals surface area contributed by atoms with Crippen LogP contribution < -0.4 is 5.56 Å². The molecular weight excluding hydrogens is 280 g/mol. The number of carbonyl (C=O) groups excluding carboxylic acids is 1. The zero-order valence-corrected chi connectivity index (χ0v) is 13.8. The van der Waals surface area contributed by atoms with Crippen LogP contribution in [0, 0.1) is 0 Å². The number of aromatic nitrogens is 2. The normalized spacial score (nSPS) is 14.0. The minimum absolute atomic E-state index is 0.0612. The molecule has 1 aliphatic carbocycles. The zero-order valence-electron chi connectivity index (χ0n) is 13.8. The first-order valence-electron chi connectivity index (χ1n) is 7.97. The number of carbonyl (C=O) groups is 1. The van der Waals surface area contributed by atoms with Gasteiger partial charge in [0.2, 0.25) is 5.91 Å². The Labute approximate surface area is 131 Å². The van der Waals surface area contributed by atoms with Gasteiger partial charge in [-0.15, -0.1) is 0 Å². The minimum atomic E-state index is -0.0924. The van der Waals surface area contributed by atoms with Crippen molar-refractivity contribution in [3.05, 3.63) is 27.2 Å².